The van der Waals surface area contributed by atoms with Gasteiger partial charge in [0, 0.05) is 0 Å². The Kier molecular flexibility index (Phi) is 5.52. The first kappa shape index (κ1) is 17.9. The fourth-order valence-corrected chi connectivity index (χ4v) is 3.58. The number of para-hydroxylation sites is 1. The van der Waals surface area contributed by atoms with Crippen LogP contribution >= 0.6 is 0 Å². The third kappa shape index (κ3) is 3.55. The summed E-state index contributed by atoms with van der Waals surface area (Å²) in [4.78, 5) is 11.1. The number of rotatable bonds is 6. The van der Waals surface area contributed by atoms with E-state index in [4.69, 9.17) is 0 Å². The van der Waals surface area contributed by atoms with E-state index < -0.39 is 0 Å². The quantitative estimate of drug-likeness (QED) is 0.564. The van der Waals surface area contributed by atoms with E-state index >= 15 is 0 Å². The van der Waals surface area contributed by atoms with E-state index in [9.17, 15) is 9.90 Å². The van der Waals surface area contributed by atoms with Crippen molar-refractivity contribution in [1.29, 1.82) is 0 Å². The summed E-state index contributed by atoms with van der Waals surface area (Å²) in [5.74, 6) is 0.368. The Labute approximate surface area is 155 Å². The summed E-state index contributed by atoms with van der Waals surface area (Å²) in [6.45, 7) is 4.30. The number of benzene rings is 3. The first-order chi connectivity index (χ1) is 12.7. The number of aldehydes is 1. The molecule has 132 valence electrons. The Morgan fingerprint density at radius 3 is 2.31 bits per heavy atom. The summed E-state index contributed by atoms with van der Waals surface area (Å²) in [6, 6.07) is 22.3. The van der Waals surface area contributed by atoms with Crippen LogP contribution in [0.3, 0.4) is 0 Å². The van der Waals surface area contributed by atoms with Gasteiger partial charge in [-0.1, -0.05) is 67.6 Å². The van der Waals surface area contributed by atoms with Crippen molar-refractivity contribution in [2.24, 2.45) is 0 Å². The zero-order chi connectivity index (χ0) is 18.5. The van der Waals surface area contributed by atoms with Crippen LogP contribution in [0.25, 0.3) is 11.1 Å². The molecule has 2 nitrogen and oxygen atoms in total. The Balaban J connectivity index is 2.03. The number of phenols is 1. The number of phenolic OH excluding ortho intramolecular Hbond substituents is 1. The topological polar surface area (TPSA) is 37.3 Å². The fraction of sp³-hybridized carbons (Fsp3) is 0.208. The van der Waals surface area contributed by atoms with E-state index in [0.29, 0.717) is 18.3 Å². The van der Waals surface area contributed by atoms with Gasteiger partial charge in [0.15, 0.2) is 6.29 Å². The highest BCUT2D eigenvalue weighted by molar-refractivity contribution is 5.80. The van der Waals surface area contributed by atoms with Gasteiger partial charge in [0.25, 0.3) is 0 Å². The Hall–Kier alpha value is -2.87. The molecule has 0 heterocycles. The van der Waals surface area contributed by atoms with E-state index in [0.717, 1.165) is 12.0 Å². The van der Waals surface area contributed by atoms with E-state index in [1.807, 2.05) is 12.1 Å². The predicted octanol–water partition coefficient (Wildman–Crippen LogP) is 5.92. The molecule has 0 aliphatic heterocycles. The molecule has 0 aliphatic carbocycles. The molecule has 3 rings (SSSR count). The molecule has 1 unspecified atom stereocenters. The Bertz CT molecular complexity index is 912. The standard InChI is InChI=1S/C24H24O2/c1-3-18(15-19-10-8-11-20(16-25)24(19)26)22-13-6-7-14-23(22)21-12-5-4-9-17(21)2/h4-14,16,18,26H,3,15H2,1-2H3. The molecule has 0 fully saturated rings. The molecule has 3 aromatic rings. The number of carbonyl (C=O) groups excluding carboxylic acids is 1. The van der Waals surface area contributed by atoms with Crippen LogP contribution in [-0.2, 0) is 6.42 Å². The van der Waals surface area contributed by atoms with Gasteiger partial charge in [-0.3, -0.25) is 4.79 Å². The first-order valence-corrected chi connectivity index (χ1v) is 9.06. The number of aryl methyl sites for hydroxylation is 1. The molecule has 1 N–H and O–H groups in total. The van der Waals surface area contributed by atoms with E-state index in [1.54, 1.807) is 6.07 Å². The second-order valence-corrected chi connectivity index (χ2v) is 6.68. The van der Waals surface area contributed by atoms with Gasteiger partial charge >= 0.3 is 0 Å². The van der Waals surface area contributed by atoms with Gasteiger partial charge in [0.1, 0.15) is 5.75 Å². The minimum absolute atomic E-state index is 0.106. The smallest absolute Gasteiger partial charge is 0.153 e. The number of hydrogen-bond acceptors (Lipinski definition) is 2. The molecule has 3 aromatic carbocycles. The molecule has 0 spiro atoms. The van der Waals surface area contributed by atoms with Crippen molar-refractivity contribution in [3.8, 4) is 16.9 Å². The average Bonchev–Trinajstić information content (AvgIpc) is 2.68. The molecule has 0 aromatic heterocycles. The molecule has 0 amide bonds. The molecular formula is C24H24O2. The van der Waals surface area contributed by atoms with Crippen molar-refractivity contribution in [2.75, 3.05) is 0 Å². The fourth-order valence-electron chi connectivity index (χ4n) is 3.58. The molecule has 1 atom stereocenters. The molecule has 2 heteroatoms. The summed E-state index contributed by atoms with van der Waals surface area (Å²) < 4.78 is 0. The van der Waals surface area contributed by atoms with Crippen molar-refractivity contribution in [2.45, 2.75) is 32.6 Å². The SMILES string of the molecule is CCC(Cc1cccc(C=O)c1O)c1ccccc1-c1ccccc1C. The van der Waals surface area contributed by atoms with Gasteiger partial charge in [-0.25, -0.2) is 0 Å². The monoisotopic (exact) mass is 344 g/mol. The number of aromatic hydroxyl groups is 1. The maximum atomic E-state index is 11.1. The van der Waals surface area contributed by atoms with Crippen LogP contribution in [0.15, 0.2) is 66.7 Å². The van der Waals surface area contributed by atoms with Crippen LogP contribution in [0.2, 0.25) is 0 Å². The van der Waals surface area contributed by atoms with E-state index in [-0.39, 0.29) is 11.7 Å². The molecule has 0 bridgehead atoms. The predicted molar refractivity (Wildman–Crippen MR) is 107 cm³/mol. The maximum absolute atomic E-state index is 11.1. The van der Waals surface area contributed by atoms with E-state index in [2.05, 4.69) is 62.4 Å². The van der Waals surface area contributed by atoms with Crippen molar-refractivity contribution < 1.29 is 9.90 Å². The second-order valence-electron chi connectivity index (χ2n) is 6.68. The molecule has 0 aliphatic rings. The maximum Gasteiger partial charge on any atom is 0.153 e. The van der Waals surface area contributed by atoms with Crippen LogP contribution in [0.5, 0.6) is 5.75 Å². The summed E-state index contributed by atoms with van der Waals surface area (Å²) in [6.07, 6.45) is 2.36. The first-order valence-electron chi connectivity index (χ1n) is 9.06. The van der Waals surface area contributed by atoms with Crippen molar-refractivity contribution in [1.82, 2.24) is 0 Å². The van der Waals surface area contributed by atoms with Gasteiger partial charge in [-0.15, -0.1) is 0 Å². The summed E-state index contributed by atoms with van der Waals surface area (Å²) in [7, 11) is 0. The van der Waals surface area contributed by atoms with Gasteiger partial charge in [0.05, 0.1) is 5.56 Å². The van der Waals surface area contributed by atoms with Crippen molar-refractivity contribution >= 4 is 6.29 Å². The molecule has 26 heavy (non-hydrogen) atoms. The van der Waals surface area contributed by atoms with Gasteiger partial charge in [-0.2, -0.15) is 0 Å². The lowest BCUT2D eigenvalue weighted by atomic mass is 9.83. The molecule has 0 saturated carbocycles. The normalized spacial score (nSPS) is 11.9. The lowest BCUT2D eigenvalue weighted by molar-refractivity contribution is 0.112. The average molecular weight is 344 g/mol. The summed E-state index contributed by atoms with van der Waals surface area (Å²) in [5.41, 5.74) is 6.18. The highest BCUT2D eigenvalue weighted by Crippen LogP contribution is 2.36. The van der Waals surface area contributed by atoms with Gasteiger partial charge in [0.2, 0.25) is 0 Å². The van der Waals surface area contributed by atoms with Gasteiger partial charge < -0.3 is 5.11 Å². The summed E-state index contributed by atoms with van der Waals surface area (Å²) >= 11 is 0. The lowest BCUT2D eigenvalue weighted by Crippen LogP contribution is -2.05. The largest absolute Gasteiger partial charge is 0.507 e. The highest BCUT2D eigenvalue weighted by atomic mass is 16.3. The van der Waals surface area contributed by atoms with Crippen molar-refractivity contribution in [3.05, 3.63) is 89.0 Å². The minimum atomic E-state index is 0.106. The summed E-state index contributed by atoms with van der Waals surface area (Å²) in [5, 5.41) is 10.4. The highest BCUT2D eigenvalue weighted by Gasteiger charge is 2.18. The molecule has 0 radical (unpaired) electrons. The van der Waals surface area contributed by atoms with Crippen LogP contribution in [0, 0.1) is 6.92 Å². The third-order valence-electron chi connectivity index (χ3n) is 5.07. The van der Waals surface area contributed by atoms with Crippen LogP contribution < -0.4 is 0 Å². The Morgan fingerprint density at radius 1 is 0.923 bits per heavy atom. The van der Waals surface area contributed by atoms with Crippen LogP contribution in [-0.4, -0.2) is 11.4 Å². The third-order valence-corrected chi connectivity index (χ3v) is 5.07. The zero-order valence-electron chi connectivity index (χ0n) is 15.3. The minimum Gasteiger partial charge on any atom is -0.507 e. The molecule has 0 saturated heterocycles. The number of hydrogen-bond donors (Lipinski definition) is 1. The van der Waals surface area contributed by atoms with Crippen LogP contribution in [0.4, 0.5) is 0 Å². The van der Waals surface area contributed by atoms with Crippen LogP contribution in [0.1, 0.15) is 46.3 Å². The molecular weight excluding hydrogens is 320 g/mol. The Morgan fingerprint density at radius 2 is 1.62 bits per heavy atom. The zero-order valence-corrected chi connectivity index (χ0v) is 15.3. The lowest BCUT2D eigenvalue weighted by Gasteiger charge is -2.21. The van der Waals surface area contributed by atoms with Crippen molar-refractivity contribution in [3.63, 3.8) is 0 Å². The van der Waals surface area contributed by atoms with Gasteiger partial charge in [-0.05, 0) is 59.6 Å². The van der Waals surface area contributed by atoms with E-state index in [1.165, 1.54) is 22.3 Å². The number of carbonyl (C=O) groups is 1. The second kappa shape index (κ2) is 8.01.